The number of ether oxygens (including phenoxy) is 3. The van der Waals surface area contributed by atoms with Gasteiger partial charge in [-0.05, 0) is 105 Å². The van der Waals surface area contributed by atoms with Crippen molar-refractivity contribution in [1.29, 1.82) is 0 Å². The highest BCUT2D eigenvalue weighted by Gasteiger charge is 2.37. The van der Waals surface area contributed by atoms with Gasteiger partial charge in [0.2, 0.25) is 0 Å². The summed E-state index contributed by atoms with van der Waals surface area (Å²) in [4.78, 5) is 38.9. The summed E-state index contributed by atoms with van der Waals surface area (Å²) in [6, 6.07) is 0.420. The van der Waals surface area contributed by atoms with E-state index in [0.717, 1.165) is 4.90 Å². The van der Waals surface area contributed by atoms with Gasteiger partial charge in [0, 0.05) is 25.7 Å². The number of hydrogen-bond acceptors (Lipinski definition) is 6. The monoisotopic (exact) mass is 657 g/mol. The first kappa shape index (κ1) is 39.6. The molecule has 0 unspecified atom stereocenters. The van der Waals surface area contributed by atoms with Crippen LogP contribution in [-0.2, 0) is 33.0 Å². The Morgan fingerprint density at radius 3 is 1.64 bits per heavy atom. The third-order valence-corrected chi connectivity index (χ3v) is 5.53. The number of rotatable bonds is 10. The number of hydrogen-bond donors (Lipinski definition) is 2. The van der Waals surface area contributed by atoms with E-state index in [2.05, 4.69) is 10.6 Å². The molecule has 1 aromatic rings. The zero-order valence-electron chi connectivity index (χ0n) is 27.2. The Kier molecular flexibility index (Phi) is 13.4. The average molecular weight is 658 g/mol. The summed E-state index contributed by atoms with van der Waals surface area (Å²) in [5.41, 5.74) is -5.82. The highest BCUT2D eigenvalue weighted by atomic mass is 19.4. The second-order valence-corrected chi connectivity index (χ2v) is 13.5. The van der Waals surface area contributed by atoms with E-state index in [4.69, 9.17) is 14.2 Å². The summed E-state index contributed by atoms with van der Waals surface area (Å²) in [6.07, 6.45) is -12.3. The fraction of sp³-hybridized carbons (Fsp3) is 0.700. The number of carbonyl (C=O) groups is 3. The van der Waals surface area contributed by atoms with Crippen LogP contribution in [0.5, 0.6) is 0 Å². The summed E-state index contributed by atoms with van der Waals surface area (Å²) in [6.45, 7) is 14.3. The summed E-state index contributed by atoms with van der Waals surface area (Å²) in [5, 5.41) is 5.23. The molecule has 0 saturated carbocycles. The van der Waals surface area contributed by atoms with Gasteiger partial charge in [-0.25, -0.2) is 14.4 Å². The van der Waals surface area contributed by atoms with Gasteiger partial charge in [-0.3, -0.25) is 0 Å². The van der Waals surface area contributed by atoms with Crippen LogP contribution < -0.4 is 10.6 Å². The highest BCUT2D eigenvalue weighted by molar-refractivity contribution is 5.70. The summed E-state index contributed by atoms with van der Waals surface area (Å²) in [7, 11) is 0. The Labute approximate surface area is 260 Å². The molecule has 15 heteroatoms. The van der Waals surface area contributed by atoms with Gasteiger partial charge in [0.05, 0.1) is 11.1 Å². The van der Waals surface area contributed by atoms with Crippen molar-refractivity contribution >= 4 is 18.3 Å². The zero-order valence-corrected chi connectivity index (χ0v) is 27.2. The minimum Gasteiger partial charge on any atom is -0.444 e. The van der Waals surface area contributed by atoms with E-state index in [1.54, 1.807) is 62.3 Å². The van der Waals surface area contributed by atoms with Gasteiger partial charge in [-0.1, -0.05) is 0 Å². The molecule has 0 aromatic heterocycles. The van der Waals surface area contributed by atoms with E-state index >= 15 is 0 Å². The molecule has 45 heavy (non-hydrogen) atoms. The van der Waals surface area contributed by atoms with E-state index < -0.39 is 64.6 Å². The summed E-state index contributed by atoms with van der Waals surface area (Å²) in [5.74, 6) is 0. The molecule has 2 N–H and O–H groups in total. The summed E-state index contributed by atoms with van der Waals surface area (Å²) < 4.78 is 96.4. The maximum Gasteiger partial charge on any atom is 0.416 e. The third kappa shape index (κ3) is 17.0. The second kappa shape index (κ2) is 15.3. The Morgan fingerprint density at radius 1 is 0.733 bits per heavy atom. The molecule has 258 valence electrons. The van der Waals surface area contributed by atoms with Crippen LogP contribution in [0.2, 0.25) is 0 Å². The molecule has 0 saturated heterocycles. The summed E-state index contributed by atoms with van der Waals surface area (Å²) >= 11 is 0. The van der Waals surface area contributed by atoms with Crippen molar-refractivity contribution in [2.24, 2.45) is 0 Å². The maximum atomic E-state index is 13.4. The van der Waals surface area contributed by atoms with Crippen LogP contribution in [0.3, 0.4) is 0 Å². The predicted octanol–water partition coefficient (Wildman–Crippen LogP) is 7.70. The first-order valence-electron chi connectivity index (χ1n) is 14.4. The van der Waals surface area contributed by atoms with Crippen LogP contribution in [-0.4, -0.2) is 65.7 Å². The van der Waals surface area contributed by atoms with Gasteiger partial charge in [0.15, 0.2) is 0 Å². The van der Waals surface area contributed by atoms with E-state index in [-0.39, 0.29) is 44.1 Å². The van der Waals surface area contributed by atoms with E-state index in [1.165, 1.54) is 0 Å². The minimum absolute atomic E-state index is 0.0290. The lowest BCUT2D eigenvalue weighted by molar-refractivity contribution is -0.143. The molecule has 1 atom stereocenters. The number of alkyl carbamates (subject to hydrolysis) is 2. The van der Waals surface area contributed by atoms with E-state index in [9.17, 15) is 40.7 Å². The van der Waals surface area contributed by atoms with Crippen LogP contribution >= 0.6 is 0 Å². The minimum atomic E-state index is -5.03. The molecular weight excluding hydrogens is 612 g/mol. The molecule has 0 heterocycles. The van der Waals surface area contributed by atoms with Gasteiger partial charge < -0.3 is 29.7 Å². The van der Waals surface area contributed by atoms with Gasteiger partial charge >= 0.3 is 30.6 Å². The van der Waals surface area contributed by atoms with Crippen LogP contribution in [0.4, 0.5) is 40.7 Å². The topological polar surface area (TPSA) is 106 Å². The van der Waals surface area contributed by atoms with Crippen LogP contribution in [0.1, 0.15) is 91.8 Å². The Hall–Kier alpha value is -3.39. The first-order chi connectivity index (χ1) is 20.1. The van der Waals surface area contributed by atoms with Crippen molar-refractivity contribution in [3.05, 3.63) is 34.9 Å². The Morgan fingerprint density at radius 2 is 1.20 bits per heavy atom. The molecule has 1 rings (SSSR count). The largest absolute Gasteiger partial charge is 0.444 e. The molecule has 0 aliphatic rings. The third-order valence-electron chi connectivity index (χ3n) is 5.53. The quantitative estimate of drug-likeness (QED) is 0.152. The fourth-order valence-corrected chi connectivity index (χ4v) is 3.81. The molecule has 0 bridgehead atoms. The molecule has 0 aliphatic carbocycles. The Balaban J connectivity index is 3.27. The lowest BCUT2D eigenvalue weighted by Crippen LogP contribution is -2.49. The Bertz CT molecular complexity index is 1120. The predicted molar refractivity (Wildman–Crippen MR) is 155 cm³/mol. The molecular formula is C30H45F6N3O6. The number of amides is 3. The molecule has 3 amide bonds. The molecule has 9 nitrogen and oxygen atoms in total. The van der Waals surface area contributed by atoms with Crippen molar-refractivity contribution in [2.75, 3.05) is 19.6 Å². The zero-order chi connectivity index (χ0) is 35.0. The standard InChI is InChI=1S/C30H45F6N3O6/c1-26(2,3)43-23(40)37-13-10-11-22(38-24(41)44-27(4,5)6)18-39(25(42)45-28(7,8)9)14-12-19-15-20(29(31,32)33)17-21(16-19)30(34,35)36/h15-17,22H,10-14,18H2,1-9H3,(H,37,40)(H,38,41)/t22-/m0/s1. The molecule has 0 radical (unpaired) electrons. The molecule has 0 fully saturated rings. The highest BCUT2D eigenvalue weighted by Crippen LogP contribution is 2.36. The van der Waals surface area contributed by atoms with Gasteiger partial charge in [-0.15, -0.1) is 0 Å². The molecule has 1 aromatic carbocycles. The van der Waals surface area contributed by atoms with Crippen molar-refractivity contribution < 1.29 is 54.9 Å². The van der Waals surface area contributed by atoms with Crippen LogP contribution in [0.25, 0.3) is 0 Å². The van der Waals surface area contributed by atoms with Crippen molar-refractivity contribution in [1.82, 2.24) is 15.5 Å². The number of nitrogens with zero attached hydrogens (tertiary/aromatic N) is 1. The lowest BCUT2D eigenvalue weighted by Gasteiger charge is -2.31. The van der Waals surface area contributed by atoms with Crippen molar-refractivity contribution in [3.63, 3.8) is 0 Å². The SMILES string of the molecule is CC(C)(C)OC(=O)NCCC[C@@H](CN(CCc1cc(C(F)(F)F)cc(C(F)(F)F)c1)C(=O)OC(C)(C)C)NC(=O)OC(C)(C)C. The number of carbonyl (C=O) groups excluding carboxylic acids is 3. The second-order valence-electron chi connectivity index (χ2n) is 13.5. The van der Waals surface area contributed by atoms with Crippen molar-refractivity contribution in [3.8, 4) is 0 Å². The fourth-order valence-electron chi connectivity index (χ4n) is 3.81. The number of benzene rings is 1. The van der Waals surface area contributed by atoms with E-state index in [1.807, 2.05) is 0 Å². The molecule has 0 aliphatic heterocycles. The van der Waals surface area contributed by atoms with Crippen molar-refractivity contribution in [2.45, 2.75) is 117 Å². The molecule has 0 spiro atoms. The van der Waals surface area contributed by atoms with Gasteiger partial charge in [-0.2, -0.15) is 26.3 Å². The van der Waals surface area contributed by atoms with Crippen LogP contribution in [0.15, 0.2) is 18.2 Å². The van der Waals surface area contributed by atoms with Gasteiger partial charge in [0.1, 0.15) is 16.8 Å². The van der Waals surface area contributed by atoms with Gasteiger partial charge in [0.25, 0.3) is 0 Å². The lowest BCUT2D eigenvalue weighted by atomic mass is 10.0. The number of nitrogens with one attached hydrogen (secondary N) is 2. The number of alkyl halides is 6. The average Bonchev–Trinajstić information content (AvgIpc) is 2.79. The van der Waals surface area contributed by atoms with Crippen LogP contribution in [0, 0.1) is 0 Å². The smallest absolute Gasteiger partial charge is 0.416 e. The first-order valence-corrected chi connectivity index (χ1v) is 14.4. The maximum absolute atomic E-state index is 13.4. The van der Waals surface area contributed by atoms with E-state index in [0.29, 0.717) is 18.6 Å². The normalized spacial score (nSPS) is 13.5. The number of halogens is 6.